The predicted molar refractivity (Wildman–Crippen MR) is 82.5 cm³/mol. The van der Waals surface area contributed by atoms with Crippen molar-refractivity contribution in [2.45, 2.75) is 39.5 Å². The van der Waals surface area contributed by atoms with Crippen LogP contribution in [0.4, 0.5) is 0 Å². The minimum atomic E-state index is 0.583. The molecule has 3 heteroatoms. The quantitative estimate of drug-likeness (QED) is 0.542. The molecule has 0 bridgehead atoms. The largest absolute Gasteiger partial charge is 0.491 e. The summed E-state index contributed by atoms with van der Waals surface area (Å²) in [6, 6.07) is 8.05. The molecule has 0 atom stereocenters. The summed E-state index contributed by atoms with van der Waals surface area (Å²) in [5.41, 5.74) is 1.24. The maximum absolute atomic E-state index is 5.57. The summed E-state index contributed by atoms with van der Waals surface area (Å²) < 4.78 is 16.5. The topological polar surface area (TPSA) is 27.7 Å². The van der Waals surface area contributed by atoms with Crippen molar-refractivity contribution in [3.05, 3.63) is 29.8 Å². The third-order valence-corrected chi connectivity index (χ3v) is 3.03. The lowest BCUT2D eigenvalue weighted by Gasteiger charge is -2.08. The molecule has 0 fully saturated rings. The Hall–Kier alpha value is -1.06. The van der Waals surface area contributed by atoms with Gasteiger partial charge in [-0.05, 0) is 25.5 Å². The zero-order chi connectivity index (χ0) is 14.5. The molecule has 0 aromatic heterocycles. The van der Waals surface area contributed by atoms with Gasteiger partial charge in [0.15, 0.2) is 0 Å². The molecule has 0 aliphatic carbocycles. The van der Waals surface area contributed by atoms with Gasteiger partial charge < -0.3 is 14.2 Å². The number of rotatable bonds is 12. The van der Waals surface area contributed by atoms with Gasteiger partial charge in [0.2, 0.25) is 0 Å². The third-order valence-electron chi connectivity index (χ3n) is 3.03. The standard InChI is InChI=1S/C17H28O3/c1-3-4-5-6-11-18-12-13-19-14-15-20-17-9-7-16(2)8-10-17/h7-10H,3-6,11-15H2,1-2H3. The van der Waals surface area contributed by atoms with E-state index in [-0.39, 0.29) is 0 Å². The van der Waals surface area contributed by atoms with Crippen molar-refractivity contribution in [2.24, 2.45) is 0 Å². The van der Waals surface area contributed by atoms with E-state index >= 15 is 0 Å². The van der Waals surface area contributed by atoms with E-state index in [1.54, 1.807) is 0 Å². The fourth-order valence-corrected chi connectivity index (χ4v) is 1.81. The summed E-state index contributed by atoms with van der Waals surface area (Å²) in [7, 11) is 0. The van der Waals surface area contributed by atoms with E-state index in [0.29, 0.717) is 26.4 Å². The molecule has 1 rings (SSSR count). The molecule has 0 spiro atoms. The van der Waals surface area contributed by atoms with Gasteiger partial charge in [-0.3, -0.25) is 0 Å². The minimum Gasteiger partial charge on any atom is -0.491 e. The van der Waals surface area contributed by atoms with Crippen LogP contribution in [-0.2, 0) is 9.47 Å². The number of unbranched alkanes of at least 4 members (excludes halogenated alkanes) is 3. The Kier molecular flexibility index (Phi) is 9.98. The van der Waals surface area contributed by atoms with Crippen molar-refractivity contribution >= 4 is 0 Å². The van der Waals surface area contributed by atoms with Gasteiger partial charge in [-0.25, -0.2) is 0 Å². The van der Waals surface area contributed by atoms with Crippen LogP contribution in [0.1, 0.15) is 38.2 Å². The van der Waals surface area contributed by atoms with Gasteiger partial charge in [-0.1, -0.05) is 43.9 Å². The summed E-state index contributed by atoms with van der Waals surface area (Å²) in [4.78, 5) is 0. The van der Waals surface area contributed by atoms with Gasteiger partial charge in [0.05, 0.1) is 19.8 Å². The molecule has 1 aromatic carbocycles. The maximum Gasteiger partial charge on any atom is 0.119 e. The summed E-state index contributed by atoms with van der Waals surface area (Å²) in [6.07, 6.45) is 4.99. The summed E-state index contributed by atoms with van der Waals surface area (Å²) in [5, 5.41) is 0. The highest BCUT2D eigenvalue weighted by Gasteiger charge is 1.94. The van der Waals surface area contributed by atoms with Crippen LogP contribution in [0.3, 0.4) is 0 Å². The average molecular weight is 280 g/mol. The van der Waals surface area contributed by atoms with Gasteiger partial charge in [-0.15, -0.1) is 0 Å². The minimum absolute atomic E-state index is 0.583. The first kappa shape index (κ1) is 17.0. The van der Waals surface area contributed by atoms with E-state index in [0.717, 1.165) is 18.8 Å². The van der Waals surface area contributed by atoms with Crippen molar-refractivity contribution < 1.29 is 14.2 Å². The Balaban J connectivity index is 1.84. The first-order valence-electron chi connectivity index (χ1n) is 7.68. The molecule has 1 aromatic rings. The SMILES string of the molecule is CCCCCCOCCOCCOc1ccc(C)cc1. The van der Waals surface area contributed by atoms with Gasteiger partial charge >= 0.3 is 0 Å². The molecular formula is C17H28O3. The molecule has 0 aliphatic heterocycles. The van der Waals surface area contributed by atoms with Crippen molar-refractivity contribution in [2.75, 3.05) is 33.0 Å². The van der Waals surface area contributed by atoms with Crippen molar-refractivity contribution in [1.82, 2.24) is 0 Å². The monoisotopic (exact) mass is 280 g/mol. The van der Waals surface area contributed by atoms with E-state index in [9.17, 15) is 0 Å². The van der Waals surface area contributed by atoms with E-state index in [1.165, 1.54) is 24.8 Å². The van der Waals surface area contributed by atoms with Crippen molar-refractivity contribution in [3.8, 4) is 5.75 Å². The molecule has 20 heavy (non-hydrogen) atoms. The Morgan fingerprint density at radius 2 is 1.40 bits per heavy atom. The molecule has 0 radical (unpaired) electrons. The molecule has 0 aliphatic rings. The Morgan fingerprint density at radius 3 is 2.10 bits per heavy atom. The van der Waals surface area contributed by atoms with E-state index in [4.69, 9.17) is 14.2 Å². The lowest BCUT2D eigenvalue weighted by molar-refractivity contribution is 0.0352. The Bertz CT molecular complexity index is 322. The molecule has 0 amide bonds. The second-order valence-corrected chi connectivity index (χ2v) is 4.95. The van der Waals surface area contributed by atoms with Gasteiger partial charge in [-0.2, -0.15) is 0 Å². The number of benzene rings is 1. The molecule has 0 saturated carbocycles. The molecule has 0 N–H and O–H groups in total. The lowest BCUT2D eigenvalue weighted by atomic mass is 10.2. The zero-order valence-corrected chi connectivity index (χ0v) is 12.9. The van der Waals surface area contributed by atoms with Crippen LogP contribution in [0.2, 0.25) is 0 Å². The van der Waals surface area contributed by atoms with Gasteiger partial charge in [0, 0.05) is 6.61 Å². The van der Waals surface area contributed by atoms with E-state index in [1.807, 2.05) is 24.3 Å². The molecule has 114 valence electrons. The fraction of sp³-hybridized carbons (Fsp3) is 0.647. The van der Waals surface area contributed by atoms with E-state index < -0.39 is 0 Å². The lowest BCUT2D eigenvalue weighted by Crippen LogP contribution is -2.11. The molecular weight excluding hydrogens is 252 g/mol. The third kappa shape index (κ3) is 8.94. The first-order chi connectivity index (χ1) is 9.83. The van der Waals surface area contributed by atoms with Crippen LogP contribution >= 0.6 is 0 Å². The molecule has 0 heterocycles. The highest BCUT2D eigenvalue weighted by Crippen LogP contribution is 2.10. The summed E-state index contributed by atoms with van der Waals surface area (Å²) in [6.45, 7) is 7.64. The van der Waals surface area contributed by atoms with Crippen LogP contribution in [0, 0.1) is 6.92 Å². The van der Waals surface area contributed by atoms with Crippen LogP contribution < -0.4 is 4.74 Å². The number of ether oxygens (including phenoxy) is 3. The number of aryl methyl sites for hydroxylation is 1. The summed E-state index contributed by atoms with van der Waals surface area (Å²) >= 11 is 0. The normalized spacial score (nSPS) is 10.7. The highest BCUT2D eigenvalue weighted by molar-refractivity contribution is 5.26. The molecule has 3 nitrogen and oxygen atoms in total. The molecule has 0 saturated heterocycles. The van der Waals surface area contributed by atoms with Crippen LogP contribution in [0.5, 0.6) is 5.75 Å². The second-order valence-electron chi connectivity index (χ2n) is 4.95. The second kappa shape index (κ2) is 11.7. The summed E-state index contributed by atoms with van der Waals surface area (Å²) in [5.74, 6) is 0.895. The highest BCUT2D eigenvalue weighted by atomic mass is 16.5. The Morgan fingerprint density at radius 1 is 0.750 bits per heavy atom. The predicted octanol–water partition coefficient (Wildman–Crippen LogP) is 3.99. The zero-order valence-electron chi connectivity index (χ0n) is 12.9. The van der Waals surface area contributed by atoms with Gasteiger partial charge in [0.1, 0.15) is 12.4 Å². The maximum atomic E-state index is 5.57. The fourth-order valence-electron chi connectivity index (χ4n) is 1.81. The Labute approximate surface area is 123 Å². The number of hydrogen-bond acceptors (Lipinski definition) is 3. The van der Waals surface area contributed by atoms with E-state index in [2.05, 4.69) is 13.8 Å². The smallest absolute Gasteiger partial charge is 0.119 e. The van der Waals surface area contributed by atoms with Crippen molar-refractivity contribution in [3.63, 3.8) is 0 Å². The average Bonchev–Trinajstić information content (AvgIpc) is 2.47. The van der Waals surface area contributed by atoms with Crippen LogP contribution in [0.15, 0.2) is 24.3 Å². The first-order valence-corrected chi connectivity index (χ1v) is 7.68. The van der Waals surface area contributed by atoms with Gasteiger partial charge in [0.25, 0.3) is 0 Å². The number of hydrogen-bond donors (Lipinski definition) is 0. The van der Waals surface area contributed by atoms with Crippen LogP contribution in [-0.4, -0.2) is 33.0 Å². The van der Waals surface area contributed by atoms with Crippen molar-refractivity contribution in [1.29, 1.82) is 0 Å². The van der Waals surface area contributed by atoms with Crippen LogP contribution in [0.25, 0.3) is 0 Å². The molecule has 0 unspecified atom stereocenters.